The summed E-state index contributed by atoms with van der Waals surface area (Å²) in [5.74, 6) is 1.12. The van der Waals surface area contributed by atoms with Gasteiger partial charge in [0.25, 0.3) is 0 Å². The lowest BCUT2D eigenvalue weighted by Crippen LogP contribution is -2.54. The summed E-state index contributed by atoms with van der Waals surface area (Å²) in [6.45, 7) is 13.0. The monoisotopic (exact) mass is 394 g/mol. The minimum absolute atomic E-state index is 0.121. The standard InChI is InChI=1S/C21H42N6O/c1-19(2)24-20(28)18-26-14-16-27(17-15-26)21(22-3)23-10-6-4-7-11-25-12-8-5-9-13-25/h19H,4-18H2,1-3H3,(H,22,23)(H,24,28). The molecule has 2 fully saturated rings. The highest BCUT2D eigenvalue weighted by atomic mass is 16.2. The van der Waals surface area contributed by atoms with Gasteiger partial charge in [-0.3, -0.25) is 14.7 Å². The molecular weight excluding hydrogens is 352 g/mol. The van der Waals surface area contributed by atoms with Gasteiger partial charge < -0.3 is 20.4 Å². The molecule has 0 aromatic heterocycles. The Labute approximate surface area is 171 Å². The SMILES string of the molecule is CN=C(NCCCCCN1CCCCC1)N1CCN(CC(=O)NC(C)C)CC1. The first-order chi connectivity index (χ1) is 13.6. The number of likely N-dealkylation sites (tertiary alicyclic amines) is 1. The Kier molecular flexibility index (Phi) is 10.6. The molecule has 2 aliphatic heterocycles. The van der Waals surface area contributed by atoms with Gasteiger partial charge in [-0.15, -0.1) is 0 Å². The molecule has 1 amide bonds. The lowest BCUT2D eigenvalue weighted by atomic mass is 10.1. The highest BCUT2D eigenvalue weighted by Crippen LogP contribution is 2.10. The van der Waals surface area contributed by atoms with E-state index in [1.165, 1.54) is 58.2 Å². The third-order valence-corrected chi connectivity index (χ3v) is 5.58. The maximum atomic E-state index is 11.9. The average molecular weight is 395 g/mol. The van der Waals surface area contributed by atoms with Crippen LogP contribution in [0.5, 0.6) is 0 Å². The van der Waals surface area contributed by atoms with Crippen LogP contribution in [-0.2, 0) is 4.79 Å². The number of hydrogen-bond donors (Lipinski definition) is 2. The van der Waals surface area contributed by atoms with E-state index < -0.39 is 0 Å². The van der Waals surface area contributed by atoms with Crippen LogP contribution in [0.25, 0.3) is 0 Å². The van der Waals surface area contributed by atoms with Crippen molar-refractivity contribution >= 4 is 11.9 Å². The van der Waals surface area contributed by atoms with Crippen molar-refractivity contribution in [2.75, 3.05) is 66.0 Å². The van der Waals surface area contributed by atoms with Crippen LogP contribution < -0.4 is 10.6 Å². The summed E-state index contributed by atoms with van der Waals surface area (Å²) in [4.78, 5) is 23.5. The molecule has 2 N–H and O–H groups in total. The van der Waals surface area contributed by atoms with Gasteiger partial charge in [0.2, 0.25) is 5.91 Å². The fourth-order valence-corrected chi connectivity index (χ4v) is 4.04. The molecule has 162 valence electrons. The number of piperidine rings is 1. The van der Waals surface area contributed by atoms with Crippen molar-refractivity contribution in [2.24, 2.45) is 4.99 Å². The number of carbonyl (C=O) groups excluding carboxylic acids is 1. The van der Waals surface area contributed by atoms with Gasteiger partial charge in [0, 0.05) is 45.8 Å². The summed E-state index contributed by atoms with van der Waals surface area (Å²) in [5, 5.41) is 6.49. The molecule has 0 aliphatic carbocycles. The second-order valence-electron chi connectivity index (χ2n) is 8.42. The van der Waals surface area contributed by atoms with Gasteiger partial charge in [0.1, 0.15) is 0 Å². The first-order valence-corrected chi connectivity index (χ1v) is 11.3. The fourth-order valence-electron chi connectivity index (χ4n) is 4.04. The normalized spacial score (nSPS) is 19.9. The number of nitrogens with one attached hydrogen (secondary N) is 2. The highest BCUT2D eigenvalue weighted by Gasteiger charge is 2.21. The lowest BCUT2D eigenvalue weighted by molar-refractivity contribution is -0.123. The highest BCUT2D eigenvalue weighted by molar-refractivity contribution is 5.80. The predicted octanol–water partition coefficient (Wildman–Crippen LogP) is 1.36. The van der Waals surface area contributed by atoms with Gasteiger partial charge >= 0.3 is 0 Å². The van der Waals surface area contributed by atoms with Crippen molar-refractivity contribution in [2.45, 2.75) is 58.4 Å². The molecule has 7 heteroatoms. The zero-order chi connectivity index (χ0) is 20.2. The molecule has 0 aromatic rings. The topological polar surface area (TPSA) is 63.2 Å². The smallest absolute Gasteiger partial charge is 0.234 e. The third-order valence-electron chi connectivity index (χ3n) is 5.58. The van der Waals surface area contributed by atoms with E-state index in [1.807, 2.05) is 20.9 Å². The Bertz CT molecular complexity index is 468. The Balaban J connectivity index is 1.55. The number of guanidine groups is 1. The second kappa shape index (κ2) is 13.0. The lowest BCUT2D eigenvalue weighted by Gasteiger charge is -2.36. The average Bonchev–Trinajstić information content (AvgIpc) is 2.68. The maximum Gasteiger partial charge on any atom is 0.234 e. The molecule has 28 heavy (non-hydrogen) atoms. The van der Waals surface area contributed by atoms with Crippen LogP contribution in [0.4, 0.5) is 0 Å². The number of hydrogen-bond acceptors (Lipinski definition) is 4. The fraction of sp³-hybridized carbons (Fsp3) is 0.905. The van der Waals surface area contributed by atoms with E-state index in [1.54, 1.807) is 0 Å². The third kappa shape index (κ3) is 8.78. The van der Waals surface area contributed by atoms with Gasteiger partial charge in [0.05, 0.1) is 6.54 Å². The van der Waals surface area contributed by atoms with Gasteiger partial charge in [-0.05, 0) is 59.2 Å². The second-order valence-corrected chi connectivity index (χ2v) is 8.42. The number of amides is 1. The molecule has 0 atom stereocenters. The summed E-state index contributed by atoms with van der Waals surface area (Å²) < 4.78 is 0. The first-order valence-electron chi connectivity index (χ1n) is 11.3. The molecular formula is C21H42N6O. The Morgan fingerprint density at radius 2 is 1.64 bits per heavy atom. The van der Waals surface area contributed by atoms with Crippen LogP contribution in [0.3, 0.4) is 0 Å². The van der Waals surface area contributed by atoms with Crippen LogP contribution in [0.1, 0.15) is 52.4 Å². The molecule has 0 aromatic carbocycles. The van der Waals surface area contributed by atoms with E-state index in [-0.39, 0.29) is 11.9 Å². The quantitative estimate of drug-likeness (QED) is 0.351. The van der Waals surface area contributed by atoms with Crippen molar-refractivity contribution in [1.29, 1.82) is 0 Å². The summed E-state index contributed by atoms with van der Waals surface area (Å²) in [5.41, 5.74) is 0. The number of rotatable bonds is 9. The van der Waals surface area contributed by atoms with E-state index in [0.717, 1.165) is 38.7 Å². The summed E-state index contributed by atoms with van der Waals surface area (Å²) >= 11 is 0. The summed E-state index contributed by atoms with van der Waals surface area (Å²) in [6, 6.07) is 0.205. The Morgan fingerprint density at radius 3 is 2.29 bits per heavy atom. The molecule has 2 aliphatic rings. The van der Waals surface area contributed by atoms with E-state index in [2.05, 4.69) is 30.3 Å². The minimum Gasteiger partial charge on any atom is -0.356 e. The van der Waals surface area contributed by atoms with Gasteiger partial charge in [0.15, 0.2) is 5.96 Å². The number of aliphatic imine (C=N–C) groups is 1. The van der Waals surface area contributed by atoms with Gasteiger partial charge in [-0.2, -0.15) is 0 Å². The van der Waals surface area contributed by atoms with Gasteiger partial charge in [-0.1, -0.05) is 12.8 Å². The molecule has 2 saturated heterocycles. The molecule has 0 bridgehead atoms. The number of piperazine rings is 1. The molecule has 0 radical (unpaired) electrons. The molecule has 0 unspecified atom stereocenters. The van der Waals surface area contributed by atoms with Crippen molar-refractivity contribution in [3.8, 4) is 0 Å². The maximum absolute atomic E-state index is 11.9. The molecule has 0 spiro atoms. The largest absolute Gasteiger partial charge is 0.356 e. The summed E-state index contributed by atoms with van der Waals surface area (Å²) in [7, 11) is 1.86. The molecule has 7 nitrogen and oxygen atoms in total. The number of carbonyl (C=O) groups is 1. The molecule has 2 heterocycles. The van der Waals surface area contributed by atoms with Crippen molar-refractivity contribution < 1.29 is 4.79 Å². The van der Waals surface area contributed by atoms with Crippen LogP contribution in [0.2, 0.25) is 0 Å². The van der Waals surface area contributed by atoms with Crippen LogP contribution in [0.15, 0.2) is 4.99 Å². The zero-order valence-corrected chi connectivity index (χ0v) is 18.4. The predicted molar refractivity (Wildman–Crippen MR) is 117 cm³/mol. The van der Waals surface area contributed by atoms with E-state index in [0.29, 0.717) is 6.54 Å². The number of unbranched alkanes of at least 4 members (excludes halogenated alkanes) is 2. The van der Waals surface area contributed by atoms with Crippen molar-refractivity contribution in [3.63, 3.8) is 0 Å². The van der Waals surface area contributed by atoms with E-state index >= 15 is 0 Å². The Morgan fingerprint density at radius 1 is 0.929 bits per heavy atom. The van der Waals surface area contributed by atoms with Crippen LogP contribution >= 0.6 is 0 Å². The van der Waals surface area contributed by atoms with Crippen molar-refractivity contribution in [1.82, 2.24) is 25.3 Å². The molecule has 0 saturated carbocycles. The summed E-state index contributed by atoms with van der Waals surface area (Å²) in [6.07, 6.45) is 7.96. The van der Waals surface area contributed by atoms with Crippen LogP contribution in [-0.4, -0.2) is 98.6 Å². The minimum atomic E-state index is 0.121. The Hall–Kier alpha value is -1.34. The zero-order valence-electron chi connectivity index (χ0n) is 18.4. The van der Waals surface area contributed by atoms with E-state index in [9.17, 15) is 4.79 Å². The molecule has 2 rings (SSSR count). The first kappa shape index (κ1) is 22.9. The number of nitrogens with zero attached hydrogens (tertiary/aromatic N) is 4. The van der Waals surface area contributed by atoms with E-state index in [4.69, 9.17) is 0 Å². The van der Waals surface area contributed by atoms with Gasteiger partial charge in [-0.25, -0.2) is 0 Å². The van der Waals surface area contributed by atoms with Crippen molar-refractivity contribution in [3.05, 3.63) is 0 Å². The van der Waals surface area contributed by atoms with Crippen LogP contribution in [0, 0.1) is 0 Å².